The van der Waals surface area contributed by atoms with Crippen LogP contribution in [-0.2, 0) is 5.60 Å². The molecule has 0 aliphatic heterocycles. The van der Waals surface area contributed by atoms with Crippen molar-refractivity contribution >= 4 is 0 Å². The predicted molar refractivity (Wildman–Crippen MR) is 59.7 cm³/mol. The largest absolute Gasteiger partial charge is 0.481 e. The number of nitrogens with zero attached hydrogens (tertiary/aromatic N) is 1. The van der Waals surface area contributed by atoms with Crippen molar-refractivity contribution in [2.45, 2.75) is 19.4 Å². The maximum Gasteiger partial charge on any atom is 0.212 e. The highest BCUT2D eigenvalue weighted by atomic mass is 16.5. The summed E-state index contributed by atoms with van der Waals surface area (Å²) in [6.45, 7) is 7.35. The summed E-state index contributed by atoms with van der Waals surface area (Å²) in [4.78, 5) is 4.06. The van der Waals surface area contributed by atoms with E-state index in [9.17, 15) is 5.11 Å². The van der Waals surface area contributed by atoms with E-state index in [2.05, 4.69) is 11.6 Å². The van der Waals surface area contributed by atoms with Gasteiger partial charge in [-0.2, -0.15) is 0 Å². The smallest absolute Gasteiger partial charge is 0.212 e. The van der Waals surface area contributed by atoms with Gasteiger partial charge in [-0.1, -0.05) is 13.0 Å². The predicted octanol–water partition coefficient (Wildman–Crippen LogP) is 2.12. The van der Waals surface area contributed by atoms with E-state index in [-0.39, 0.29) is 5.92 Å². The molecule has 3 heteroatoms. The summed E-state index contributed by atoms with van der Waals surface area (Å²) in [7, 11) is 1.56. The minimum absolute atomic E-state index is 0.0345. The Bertz CT molecular complexity index is 330. The molecule has 0 spiro atoms. The Labute approximate surface area is 90.4 Å². The Balaban J connectivity index is 2.99. The van der Waals surface area contributed by atoms with Gasteiger partial charge in [0.15, 0.2) is 0 Å². The number of hydrogen-bond acceptors (Lipinski definition) is 3. The van der Waals surface area contributed by atoms with Gasteiger partial charge in [0.1, 0.15) is 0 Å². The molecule has 1 aromatic rings. The number of hydrogen-bond donors (Lipinski definition) is 1. The third kappa shape index (κ3) is 2.36. The van der Waals surface area contributed by atoms with Crippen LogP contribution in [-0.4, -0.2) is 17.2 Å². The van der Waals surface area contributed by atoms with E-state index in [1.165, 1.54) is 0 Å². The molecular formula is C12H17NO2. The lowest BCUT2D eigenvalue weighted by Gasteiger charge is -2.28. The molecule has 1 heterocycles. The Morgan fingerprint density at radius 2 is 2.27 bits per heavy atom. The lowest BCUT2D eigenvalue weighted by atomic mass is 9.85. The second-order valence-corrected chi connectivity index (χ2v) is 3.76. The quantitative estimate of drug-likeness (QED) is 0.769. The van der Waals surface area contributed by atoms with Crippen LogP contribution in [0, 0.1) is 5.92 Å². The van der Waals surface area contributed by atoms with Crippen molar-refractivity contribution in [3.8, 4) is 5.88 Å². The summed E-state index contributed by atoms with van der Waals surface area (Å²) in [5, 5.41) is 10.3. The fourth-order valence-electron chi connectivity index (χ4n) is 1.29. The zero-order chi connectivity index (χ0) is 11.5. The minimum Gasteiger partial charge on any atom is -0.481 e. The van der Waals surface area contributed by atoms with E-state index in [1.54, 1.807) is 32.4 Å². The van der Waals surface area contributed by atoms with E-state index in [0.717, 1.165) is 5.56 Å². The van der Waals surface area contributed by atoms with Gasteiger partial charge in [-0.15, -0.1) is 6.58 Å². The zero-order valence-electron chi connectivity index (χ0n) is 9.40. The molecule has 0 amide bonds. The summed E-state index contributed by atoms with van der Waals surface area (Å²) in [5.74, 6) is 0.508. The van der Waals surface area contributed by atoms with Crippen LogP contribution in [0.25, 0.3) is 0 Å². The van der Waals surface area contributed by atoms with E-state index in [0.29, 0.717) is 5.88 Å². The SMILES string of the molecule is C=C[C@H](C)[C@@](C)(O)c1ccc(OC)nc1. The maximum absolute atomic E-state index is 10.3. The second kappa shape index (κ2) is 4.45. The average Bonchev–Trinajstić information content (AvgIpc) is 2.28. The third-order valence-corrected chi connectivity index (χ3v) is 2.77. The molecule has 3 nitrogen and oxygen atoms in total. The van der Waals surface area contributed by atoms with Crippen LogP contribution >= 0.6 is 0 Å². The molecule has 15 heavy (non-hydrogen) atoms. The third-order valence-electron chi connectivity index (χ3n) is 2.77. The Kier molecular flexibility index (Phi) is 3.48. The first-order valence-electron chi connectivity index (χ1n) is 4.87. The van der Waals surface area contributed by atoms with Gasteiger partial charge in [0.2, 0.25) is 5.88 Å². The van der Waals surface area contributed by atoms with Crippen molar-refractivity contribution < 1.29 is 9.84 Å². The van der Waals surface area contributed by atoms with E-state index in [1.807, 2.05) is 13.0 Å². The molecule has 1 rings (SSSR count). The number of ether oxygens (including phenoxy) is 1. The fourth-order valence-corrected chi connectivity index (χ4v) is 1.29. The summed E-state index contributed by atoms with van der Waals surface area (Å²) in [5.41, 5.74) is -0.184. The van der Waals surface area contributed by atoms with Crippen molar-refractivity contribution in [2.24, 2.45) is 5.92 Å². The lowest BCUT2D eigenvalue weighted by molar-refractivity contribution is 0.0201. The van der Waals surface area contributed by atoms with Crippen LogP contribution in [0.5, 0.6) is 5.88 Å². The van der Waals surface area contributed by atoms with Gasteiger partial charge in [0.25, 0.3) is 0 Å². The van der Waals surface area contributed by atoms with Gasteiger partial charge in [0.05, 0.1) is 12.7 Å². The summed E-state index contributed by atoms with van der Waals surface area (Å²) in [6.07, 6.45) is 3.35. The van der Waals surface area contributed by atoms with Gasteiger partial charge >= 0.3 is 0 Å². The molecule has 0 fully saturated rings. The van der Waals surface area contributed by atoms with Crippen LogP contribution in [0.3, 0.4) is 0 Å². The van der Waals surface area contributed by atoms with Gasteiger partial charge in [-0.05, 0) is 13.0 Å². The monoisotopic (exact) mass is 207 g/mol. The molecule has 0 saturated heterocycles. The number of aromatic nitrogens is 1. The summed E-state index contributed by atoms with van der Waals surface area (Å²) >= 11 is 0. The van der Waals surface area contributed by atoms with Crippen molar-refractivity contribution in [1.29, 1.82) is 0 Å². The fraction of sp³-hybridized carbons (Fsp3) is 0.417. The maximum atomic E-state index is 10.3. The average molecular weight is 207 g/mol. The standard InChI is InChI=1S/C12H17NO2/c1-5-9(2)12(3,14)10-6-7-11(15-4)13-8-10/h5-9,14H,1H2,2-4H3/t9-,12+/m0/s1. The molecule has 2 atom stereocenters. The Morgan fingerprint density at radius 1 is 1.60 bits per heavy atom. The highest BCUT2D eigenvalue weighted by molar-refractivity contribution is 5.24. The van der Waals surface area contributed by atoms with E-state index < -0.39 is 5.60 Å². The highest BCUT2D eigenvalue weighted by Crippen LogP contribution is 2.29. The molecule has 0 aliphatic carbocycles. The van der Waals surface area contributed by atoms with Gasteiger partial charge in [0, 0.05) is 23.7 Å². The van der Waals surface area contributed by atoms with Gasteiger partial charge in [-0.25, -0.2) is 4.98 Å². The molecule has 0 bridgehead atoms. The zero-order valence-corrected chi connectivity index (χ0v) is 9.40. The van der Waals surface area contributed by atoms with Crippen molar-refractivity contribution in [1.82, 2.24) is 4.98 Å². The van der Waals surface area contributed by atoms with Gasteiger partial charge < -0.3 is 9.84 Å². The summed E-state index contributed by atoms with van der Waals surface area (Å²) < 4.78 is 4.96. The number of aliphatic hydroxyl groups is 1. The number of methoxy groups -OCH3 is 1. The van der Waals surface area contributed by atoms with E-state index in [4.69, 9.17) is 4.74 Å². The number of pyridine rings is 1. The normalized spacial score (nSPS) is 16.5. The molecule has 0 unspecified atom stereocenters. The molecule has 0 aliphatic rings. The molecule has 82 valence electrons. The first-order chi connectivity index (χ1) is 7.02. The first-order valence-corrected chi connectivity index (χ1v) is 4.87. The lowest BCUT2D eigenvalue weighted by Crippen LogP contribution is -2.28. The Morgan fingerprint density at radius 3 is 2.67 bits per heavy atom. The van der Waals surface area contributed by atoms with E-state index >= 15 is 0 Å². The second-order valence-electron chi connectivity index (χ2n) is 3.76. The van der Waals surface area contributed by atoms with Crippen molar-refractivity contribution in [3.05, 3.63) is 36.5 Å². The van der Waals surface area contributed by atoms with Crippen molar-refractivity contribution in [2.75, 3.05) is 7.11 Å². The summed E-state index contributed by atoms with van der Waals surface area (Å²) in [6, 6.07) is 3.55. The molecule has 0 aromatic carbocycles. The highest BCUT2D eigenvalue weighted by Gasteiger charge is 2.28. The van der Waals surface area contributed by atoms with Crippen LogP contribution < -0.4 is 4.74 Å². The Hall–Kier alpha value is -1.35. The molecule has 0 radical (unpaired) electrons. The minimum atomic E-state index is -0.943. The first kappa shape index (κ1) is 11.7. The molecule has 0 saturated carbocycles. The van der Waals surface area contributed by atoms with Crippen LogP contribution in [0.15, 0.2) is 31.0 Å². The topological polar surface area (TPSA) is 42.4 Å². The van der Waals surface area contributed by atoms with Crippen LogP contribution in [0.4, 0.5) is 0 Å². The van der Waals surface area contributed by atoms with Crippen LogP contribution in [0.1, 0.15) is 19.4 Å². The van der Waals surface area contributed by atoms with Crippen molar-refractivity contribution in [3.63, 3.8) is 0 Å². The van der Waals surface area contributed by atoms with Crippen LogP contribution in [0.2, 0.25) is 0 Å². The van der Waals surface area contributed by atoms with Gasteiger partial charge in [-0.3, -0.25) is 0 Å². The molecular weight excluding hydrogens is 190 g/mol. The molecule has 1 aromatic heterocycles. The number of rotatable bonds is 4. The molecule has 1 N–H and O–H groups in total.